The Kier molecular flexibility index (Phi) is 4.51. The second-order valence-electron chi connectivity index (χ2n) is 4.82. The predicted octanol–water partition coefficient (Wildman–Crippen LogP) is 4.12. The Hall–Kier alpha value is -1.46. The molecule has 1 aliphatic rings. The molecule has 0 aliphatic carbocycles. The average molecular weight is 316 g/mol. The van der Waals surface area contributed by atoms with Crippen LogP contribution >= 0.6 is 23.5 Å². The molecule has 0 atom stereocenters. The minimum Gasteiger partial charge on any atom is -0.306 e. The number of amides is 1. The van der Waals surface area contributed by atoms with Crippen molar-refractivity contribution in [1.82, 2.24) is 4.98 Å². The highest BCUT2D eigenvalue weighted by atomic mass is 32.2. The first kappa shape index (κ1) is 14.5. The van der Waals surface area contributed by atoms with E-state index in [1.165, 1.54) is 17.1 Å². The first-order valence-corrected chi connectivity index (χ1v) is 8.90. The van der Waals surface area contributed by atoms with E-state index in [1.54, 1.807) is 6.20 Å². The molecule has 2 heterocycles. The summed E-state index contributed by atoms with van der Waals surface area (Å²) in [5.74, 6) is 2.91. The molecule has 108 valence electrons. The van der Waals surface area contributed by atoms with Crippen LogP contribution in [-0.4, -0.2) is 22.4 Å². The predicted molar refractivity (Wildman–Crippen MR) is 91.0 cm³/mol. The summed E-state index contributed by atoms with van der Waals surface area (Å²) in [6.45, 7) is 1.93. The minimum absolute atomic E-state index is 0.116. The number of nitrogens with one attached hydrogen (secondary N) is 1. The number of thioether (sulfide) groups is 2. The van der Waals surface area contributed by atoms with Gasteiger partial charge in [-0.05, 0) is 36.2 Å². The Morgan fingerprint density at radius 3 is 2.57 bits per heavy atom. The molecular formula is C16H16N2OS2. The molecule has 0 bridgehead atoms. The molecule has 0 unspecified atom stereocenters. The zero-order chi connectivity index (χ0) is 14.7. The van der Waals surface area contributed by atoms with Crippen LogP contribution < -0.4 is 5.32 Å². The standard InChI is InChI=1S/C16H16N2OS2/c1-11-3-2-8-17-14(11)18-15(19)12-4-6-13(7-5-12)16-20-9-10-21-16/h2-8,16H,9-10H2,1H3,(H,17,18,19). The molecule has 0 radical (unpaired) electrons. The van der Waals surface area contributed by atoms with Gasteiger partial charge in [-0.3, -0.25) is 4.79 Å². The summed E-state index contributed by atoms with van der Waals surface area (Å²) < 4.78 is 0.514. The molecule has 1 aliphatic heterocycles. The number of carbonyl (C=O) groups excluding carboxylic acids is 1. The lowest BCUT2D eigenvalue weighted by molar-refractivity contribution is 0.102. The van der Waals surface area contributed by atoms with Crippen LogP contribution in [0.4, 0.5) is 5.82 Å². The molecule has 3 rings (SSSR count). The lowest BCUT2D eigenvalue weighted by Crippen LogP contribution is -2.13. The van der Waals surface area contributed by atoms with Crippen LogP contribution in [-0.2, 0) is 0 Å². The van der Waals surface area contributed by atoms with Gasteiger partial charge in [0.1, 0.15) is 5.82 Å². The molecular weight excluding hydrogens is 300 g/mol. The van der Waals surface area contributed by atoms with Gasteiger partial charge in [0.25, 0.3) is 5.91 Å². The summed E-state index contributed by atoms with van der Waals surface area (Å²) in [5, 5.41) is 2.86. The molecule has 3 nitrogen and oxygen atoms in total. The zero-order valence-corrected chi connectivity index (χ0v) is 13.3. The molecule has 2 aromatic rings. The van der Waals surface area contributed by atoms with Crippen LogP contribution in [0.5, 0.6) is 0 Å². The van der Waals surface area contributed by atoms with Gasteiger partial charge < -0.3 is 5.32 Å². The number of pyridine rings is 1. The smallest absolute Gasteiger partial charge is 0.256 e. The molecule has 1 aromatic heterocycles. The van der Waals surface area contributed by atoms with Crippen LogP contribution in [0.25, 0.3) is 0 Å². The summed E-state index contributed by atoms with van der Waals surface area (Å²) in [6.07, 6.45) is 1.68. The zero-order valence-electron chi connectivity index (χ0n) is 11.7. The largest absolute Gasteiger partial charge is 0.306 e. The SMILES string of the molecule is Cc1cccnc1NC(=O)c1ccc(C2SCCS2)cc1. The maximum Gasteiger partial charge on any atom is 0.256 e. The summed E-state index contributed by atoms with van der Waals surface area (Å²) in [6, 6.07) is 11.7. The van der Waals surface area contributed by atoms with Crippen LogP contribution in [0.15, 0.2) is 42.6 Å². The van der Waals surface area contributed by atoms with Crippen molar-refractivity contribution in [2.45, 2.75) is 11.5 Å². The monoisotopic (exact) mass is 316 g/mol. The first-order valence-electron chi connectivity index (χ1n) is 6.80. The second-order valence-corrected chi connectivity index (χ2v) is 7.54. The van der Waals surface area contributed by atoms with E-state index < -0.39 is 0 Å². The molecule has 5 heteroatoms. The van der Waals surface area contributed by atoms with Crippen LogP contribution in [0.2, 0.25) is 0 Å². The first-order chi connectivity index (χ1) is 10.2. The molecule has 1 aromatic carbocycles. The van der Waals surface area contributed by atoms with Crippen molar-refractivity contribution in [3.63, 3.8) is 0 Å². The third-order valence-electron chi connectivity index (χ3n) is 3.31. The molecule has 1 fully saturated rings. The third-order valence-corrected chi connectivity index (χ3v) is 6.41. The van der Waals surface area contributed by atoms with Gasteiger partial charge >= 0.3 is 0 Å². The van der Waals surface area contributed by atoms with Gasteiger partial charge in [-0.25, -0.2) is 4.98 Å². The van der Waals surface area contributed by atoms with Crippen molar-refractivity contribution in [1.29, 1.82) is 0 Å². The van der Waals surface area contributed by atoms with E-state index >= 15 is 0 Å². The van der Waals surface area contributed by atoms with Gasteiger partial charge in [-0.2, -0.15) is 0 Å². The second kappa shape index (κ2) is 6.54. The summed E-state index contributed by atoms with van der Waals surface area (Å²) in [4.78, 5) is 16.4. The molecule has 1 N–H and O–H groups in total. The molecule has 21 heavy (non-hydrogen) atoms. The van der Waals surface area contributed by atoms with Crippen molar-refractivity contribution in [3.05, 3.63) is 59.3 Å². The van der Waals surface area contributed by atoms with E-state index in [0.717, 1.165) is 5.56 Å². The van der Waals surface area contributed by atoms with Gasteiger partial charge in [0, 0.05) is 23.3 Å². The number of anilines is 1. The number of aryl methyl sites for hydroxylation is 1. The van der Waals surface area contributed by atoms with Crippen molar-refractivity contribution in [2.75, 3.05) is 16.8 Å². The van der Waals surface area contributed by atoms with Crippen LogP contribution in [0, 0.1) is 6.92 Å². The van der Waals surface area contributed by atoms with Crippen molar-refractivity contribution in [2.24, 2.45) is 0 Å². The average Bonchev–Trinajstić information content (AvgIpc) is 3.04. The Labute approximate surface area is 132 Å². The highest BCUT2D eigenvalue weighted by Gasteiger charge is 2.18. The Balaban J connectivity index is 1.71. The maximum absolute atomic E-state index is 12.2. The summed E-state index contributed by atoms with van der Waals surface area (Å²) in [7, 11) is 0. The molecule has 0 saturated carbocycles. The fraction of sp³-hybridized carbons (Fsp3) is 0.250. The quantitative estimate of drug-likeness (QED) is 0.925. The maximum atomic E-state index is 12.2. The summed E-state index contributed by atoms with van der Waals surface area (Å²) >= 11 is 3.93. The molecule has 1 saturated heterocycles. The number of aromatic nitrogens is 1. The van der Waals surface area contributed by atoms with Gasteiger partial charge in [-0.1, -0.05) is 18.2 Å². The van der Waals surface area contributed by atoms with E-state index in [0.29, 0.717) is 16.0 Å². The van der Waals surface area contributed by atoms with Crippen LogP contribution in [0.3, 0.4) is 0 Å². The summed E-state index contributed by atoms with van der Waals surface area (Å²) in [5.41, 5.74) is 2.91. The topological polar surface area (TPSA) is 42.0 Å². The highest BCUT2D eigenvalue weighted by molar-refractivity contribution is 8.19. The fourth-order valence-corrected chi connectivity index (χ4v) is 5.00. The lowest BCUT2D eigenvalue weighted by atomic mass is 10.1. The van der Waals surface area contributed by atoms with Gasteiger partial charge in [-0.15, -0.1) is 23.5 Å². The number of rotatable bonds is 3. The Morgan fingerprint density at radius 1 is 1.19 bits per heavy atom. The Morgan fingerprint density at radius 2 is 1.90 bits per heavy atom. The van der Waals surface area contributed by atoms with Gasteiger partial charge in [0.15, 0.2) is 0 Å². The third kappa shape index (κ3) is 3.41. The number of nitrogens with zero attached hydrogens (tertiary/aromatic N) is 1. The van der Waals surface area contributed by atoms with Gasteiger partial charge in [0.05, 0.1) is 4.58 Å². The highest BCUT2D eigenvalue weighted by Crippen LogP contribution is 2.45. The fourth-order valence-electron chi connectivity index (χ4n) is 2.14. The molecule has 1 amide bonds. The van der Waals surface area contributed by atoms with E-state index in [2.05, 4.69) is 22.4 Å². The number of hydrogen-bond donors (Lipinski definition) is 1. The number of carbonyl (C=O) groups is 1. The van der Waals surface area contributed by atoms with E-state index in [9.17, 15) is 4.79 Å². The minimum atomic E-state index is -0.116. The van der Waals surface area contributed by atoms with E-state index in [4.69, 9.17) is 0 Å². The van der Waals surface area contributed by atoms with Crippen LogP contribution in [0.1, 0.15) is 26.1 Å². The van der Waals surface area contributed by atoms with E-state index in [-0.39, 0.29) is 5.91 Å². The van der Waals surface area contributed by atoms with Gasteiger partial charge in [0.2, 0.25) is 0 Å². The number of hydrogen-bond acceptors (Lipinski definition) is 4. The van der Waals surface area contributed by atoms with Crippen molar-refractivity contribution < 1.29 is 4.79 Å². The number of benzene rings is 1. The lowest BCUT2D eigenvalue weighted by Gasteiger charge is -2.10. The normalized spacial score (nSPS) is 15.1. The van der Waals surface area contributed by atoms with Crippen molar-refractivity contribution in [3.8, 4) is 0 Å². The Bertz CT molecular complexity index is 637. The molecule has 0 spiro atoms. The van der Waals surface area contributed by atoms with Crippen molar-refractivity contribution >= 4 is 35.2 Å². The van der Waals surface area contributed by atoms with E-state index in [1.807, 2.05) is 54.7 Å².